The molecule has 0 saturated heterocycles. The van der Waals surface area contributed by atoms with Crippen LogP contribution in [0.2, 0.25) is 0 Å². The van der Waals surface area contributed by atoms with Crippen molar-refractivity contribution in [1.82, 2.24) is 0 Å². The third kappa shape index (κ3) is 40.4. The Morgan fingerprint density at radius 2 is 0.944 bits per heavy atom. The second-order valence-electron chi connectivity index (χ2n) is 16.4. The number of quaternary nitrogens is 1. The number of hydrogen-bond acceptors (Lipinski definition) is 7. The van der Waals surface area contributed by atoms with E-state index in [1.807, 2.05) is 21.1 Å². The molecule has 0 rings (SSSR count). The smallest absolute Gasteiger partial charge is 0.462 e. The number of phosphoric ester groups is 1. The largest absolute Gasteiger partial charge is 0.472 e. The highest BCUT2D eigenvalue weighted by Gasteiger charge is 2.27. The predicted molar refractivity (Wildman–Crippen MR) is 224 cm³/mol. The molecule has 2 atom stereocenters. The molecule has 1 unspecified atom stereocenters. The highest BCUT2D eigenvalue weighted by Crippen LogP contribution is 2.43. The monoisotopic (exact) mass is 789 g/mol. The van der Waals surface area contributed by atoms with E-state index >= 15 is 0 Å². The minimum atomic E-state index is -4.37. The quantitative estimate of drug-likeness (QED) is 0.0214. The summed E-state index contributed by atoms with van der Waals surface area (Å²) in [6.45, 7) is 4.43. The number of rotatable bonds is 41. The van der Waals surface area contributed by atoms with Crippen LogP contribution in [0.15, 0.2) is 12.2 Å². The number of carbonyl (C=O) groups excluding carboxylic acids is 2. The van der Waals surface area contributed by atoms with E-state index in [2.05, 4.69) is 26.0 Å². The predicted octanol–water partition coefficient (Wildman–Crippen LogP) is 12.6. The van der Waals surface area contributed by atoms with Crippen LogP contribution in [0.1, 0.15) is 206 Å². The molecule has 54 heavy (non-hydrogen) atoms. The number of likely N-dealkylation sites (N-methyl/N-ethyl adjacent to an activating group) is 1. The summed E-state index contributed by atoms with van der Waals surface area (Å²) in [6.07, 6.45) is 38.3. The zero-order valence-electron chi connectivity index (χ0n) is 36.0. The first-order chi connectivity index (χ1) is 26.0. The van der Waals surface area contributed by atoms with Crippen molar-refractivity contribution in [1.29, 1.82) is 0 Å². The van der Waals surface area contributed by atoms with Crippen LogP contribution in [0, 0.1) is 0 Å². The summed E-state index contributed by atoms with van der Waals surface area (Å²) in [5, 5.41) is 0. The van der Waals surface area contributed by atoms with Gasteiger partial charge in [-0.15, -0.1) is 0 Å². The van der Waals surface area contributed by atoms with Gasteiger partial charge >= 0.3 is 19.8 Å². The SMILES string of the molecule is CCCCCCCCCC/C=C\CCCCCCCCCC(=O)OC[C@H](COP(=O)(O)OCC[N+](C)(C)C)OC(=O)CCCCCCCCCCCCC. The molecule has 0 fully saturated rings. The van der Waals surface area contributed by atoms with Gasteiger partial charge in [0.05, 0.1) is 27.7 Å². The van der Waals surface area contributed by atoms with Crippen LogP contribution < -0.4 is 0 Å². The van der Waals surface area contributed by atoms with Crippen LogP contribution in [-0.2, 0) is 32.7 Å². The highest BCUT2D eigenvalue weighted by molar-refractivity contribution is 7.47. The van der Waals surface area contributed by atoms with Gasteiger partial charge < -0.3 is 18.9 Å². The Hall–Kier alpha value is -1.25. The van der Waals surface area contributed by atoms with Crippen LogP contribution in [0.3, 0.4) is 0 Å². The lowest BCUT2D eigenvalue weighted by Gasteiger charge is -2.24. The zero-order valence-corrected chi connectivity index (χ0v) is 36.9. The second kappa shape index (κ2) is 37.3. The van der Waals surface area contributed by atoms with Gasteiger partial charge in [-0.1, -0.05) is 167 Å². The number of hydrogen-bond donors (Lipinski definition) is 1. The summed E-state index contributed by atoms with van der Waals surface area (Å²) in [5.74, 6) is -0.796. The van der Waals surface area contributed by atoms with Gasteiger partial charge in [0.15, 0.2) is 6.10 Å². The Morgan fingerprint density at radius 3 is 1.37 bits per heavy atom. The van der Waals surface area contributed by atoms with Gasteiger partial charge in [0.2, 0.25) is 0 Å². The fourth-order valence-corrected chi connectivity index (χ4v) is 6.99. The van der Waals surface area contributed by atoms with Crippen molar-refractivity contribution in [2.45, 2.75) is 213 Å². The Bertz CT molecular complexity index is 938. The first-order valence-corrected chi connectivity index (χ1v) is 23.9. The van der Waals surface area contributed by atoms with Gasteiger partial charge in [0.1, 0.15) is 19.8 Å². The zero-order chi connectivity index (χ0) is 40.0. The Balaban J connectivity index is 4.27. The third-order valence-electron chi connectivity index (χ3n) is 9.80. The normalized spacial score (nSPS) is 13.7. The van der Waals surface area contributed by atoms with Crippen LogP contribution >= 0.6 is 7.82 Å². The summed E-state index contributed by atoms with van der Waals surface area (Å²) in [7, 11) is 1.48. The molecular weight excluding hydrogens is 701 g/mol. The van der Waals surface area contributed by atoms with Crippen LogP contribution in [-0.4, -0.2) is 74.9 Å². The fourth-order valence-electron chi connectivity index (χ4n) is 6.24. The minimum absolute atomic E-state index is 0.0341. The molecule has 0 aromatic carbocycles. The molecule has 0 bridgehead atoms. The average molecular weight is 789 g/mol. The maximum absolute atomic E-state index is 12.6. The molecule has 9 nitrogen and oxygen atoms in total. The molecule has 10 heteroatoms. The molecule has 0 spiro atoms. The highest BCUT2D eigenvalue weighted by atomic mass is 31.2. The Labute approximate surface area is 333 Å². The molecule has 0 amide bonds. The van der Waals surface area contributed by atoms with E-state index in [-0.39, 0.29) is 32.0 Å². The standard InChI is InChI=1S/C44H86NO8P/c1-6-8-10-12-14-16-18-19-20-21-22-23-24-25-27-28-30-32-34-36-43(46)50-40-42(41-52-54(48,49)51-39-38-45(3,4)5)53-44(47)37-35-33-31-29-26-17-15-13-11-9-7-2/h21-22,42H,6-20,23-41H2,1-5H3/p+1/b22-21-/t42-/m1/s1. The number of ether oxygens (including phenoxy) is 2. The molecule has 320 valence electrons. The van der Waals surface area contributed by atoms with Gasteiger partial charge in [-0.25, -0.2) is 4.57 Å². The maximum Gasteiger partial charge on any atom is 0.472 e. The molecule has 1 N–H and O–H groups in total. The van der Waals surface area contributed by atoms with E-state index in [1.165, 1.54) is 141 Å². The minimum Gasteiger partial charge on any atom is -0.462 e. The van der Waals surface area contributed by atoms with Gasteiger partial charge in [-0.05, 0) is 38.5 Å². The van der Waals surface area contributed by atoms with E-state index < -0.39 is 26.5 Å². The molecule has 0 aromatic heterocycles. The number of unbranched alkanes of at least 4 members (excludes halogenated alkanes) is 25. The van der Waals surface area contributed by atoms with E-state index in [9.17, 15) is 19.0 Å². The molecule has 0 aromatic rings. The van der Waals surface area contributed by atoms with Gasteiger partial charge in [0.25, 0.3) is 0 Å². The van der Waals surface area contributed by atoms with Crippen LogP contribution in [0.25, 0.3) is 0 Å². The van der Waals surface area contributed by atoms with Crippen molar-refractivity contribution < 1.29 is 42.1 Å². The molecule has 0 heterocycles. The molecular formula is C44H87NO8P+. The number of nitrogens with zero attached hydrogens (tertiary/aromatic N) is 1. The second-order valence-corrected chi connectivity index (χ2v) is 17.9. The number of allylic oxidation sites excluding steroid dienone is 2. The molecule has 0 radical (unpaired) electrons. The summed E-state index contributed by atoms with van der Waals surface area (Å²) in [6, 6.07) is 0. The van der Waals surface area contributed by atoms with Crippen molar-refractivity contribution in [3.05, 3.63) is 12.2 Å². The summed E-state index contributed by atoms with van der Waals surface area (Å²) >= 11 is 0. The summed E-state index contributed by atoms with van der Waals surface area (Å²) < 4.78 is 34.3. The summed E-state index contributed by atoms with van der Waals surface area (Å²) in [5.41, 5.74) is 0. The van der Waals surface area contributed by atoms with Crippen LogP contribution in [0.5, 0.6) is 0 Å². The fraction of sp³-hybridized carbons (Fsp3) is 0.909. The Morgan fingerprint density at radius 1 is 0.556 bits per heavy atom. The van der Waals surface area contributed by atoms with E-state index in [0.29, 0.717) is 17.4 Å². The first kappa shape index (κ1) is 52.8. The van der Waals surface area contributed by atoms with Crippen molar-refractivity contribution in [2.75, 3.05) is 47.5 Å². The molecule has 0 aliphatic carbocycles. The van der Waals surface area contributed by atoms with Gasteiger partial charge in [-0.3, -0.25) is 18.6 Å². The van der Waals surface area contributed by atoms with Gasteiger partial charge in [-0.2, -0.15) is 0 Å². The lowest BCUT2D eigenvalue weighted by molar-refractivity contribution is -0.870. The average Bonchev–Trinajstić information content (AvgIpc) is 3.12. The van der Waals surface area contributed by atoms with Crippen molar-refractivity contribution >= 4 is 19.8 Å². The number of carbonyl (C=O) groups is 2. The van der Waals surface area contributed by atoms with E-state index in [1.54, 1.807) is 0 Å². The number of phosphoric acid groups is 1. The van der Waals surface area contributed by atoms with Crippen LogP contribution in [0.4, 0.5) is 0 Å². The molecule has 0 saturated carbocycles. The first-order valence-electron chi connectivity index (χ1n) is 22.4. The maximum atomic E-state index is 12.6. The van der Waals surface area contributed by atoms with E-state index in [4.69, 9.17) is 18.5 Å². The topological polar surface area (TPSA) is 108 Å². The molecule has 0 aliphatic rings. The lowest BCUT2D eigenvalue weighted by Crippen LogP contribution is -2.37. The van der Waals surface area contributed by atoms with E-state index in [0.717, 1.165) is 32.1 Å². The molecule has 0 aliphatic heterocycles. The van der Waals surface area contributed by atoms with Crippen molar-refractivity contribution in [3.8, 4) is 0 Å². The third-order valence-corrected chi connectivity index (χ3v) is 10.8. The Kier molecular flexibility index (Phi) is 36.5. The van der Waals surface area contributed by atoms with Crippen molar-refractivity contribution in [3.63, 3.8) is 0 Å². The van der Waals surface area contributed by atoms with Gasteiger partial charge in [0, 0.05) is 12.8 Å². The number of esters is 2. The van der Waals surface area contributed by atoms with Crippen molar-refractivity contribution in [2.24, 2.45) is 0 Å². The lowest BCUT2D eigenvalue weighted by atomic mass is 10.1. The summed E-state index contributed by atoms with van der Waals surface area (Å²) in [4.78, 5) is 35.3.